The average molecular weight is 279 g/mol. The molecule has 0 saturated heterocycles. The van der Waals surface area contributed by atoms with Crippen molar-refractivity contribution in [2.45, 2.75) is 0 Å². The van der Waals surface area contributed by atoms with Crippen molar-refractivity contribution in [2.24, 2.45) is 0 Å². The molecule has 0 fully saturated rings. The molecule has 6 heteroatoms. The van der Waals surface area contributed by atoms with Crippen molar-refractivity contribution >= 4 is 27.8 Å². The van der Waals surface area contributed by atoms with Gasteiger partial charge < -0.3 is 14.6 Å². The molecule has 2 N–H and O–H groups in total. The second-order valence-corrected chi connectivity index (χ2v) is 4.69. The zero-order valence-electron chi connectivity index (χ0n) is 10.7. The summed E-state index contributed by atoms with van der Waals surface area (Å²) < 4.78 is 5.10. The van der Waals surface area contributed by atoms with Crippen molar-refractivity contribution in [1.29, 1.82) is 0 Å². The van der Waals surface area contributed by atoms with Crippen LogP contribution in [0.25, 0.3) is 33.1 Å². The highest BCUT2D eigenvalue weighted by Crippen LogP contribution is 2.29. The molecule has 102 valence electrons. The van der Waals surface area contributed by atoms with Crippen LogP contribution in [0.4, 0.5) is 0 Å². The topological polar surface area (TPSA) is 92.0 Å². The summed E-state index contributed by atoms with van der Waals surface area (Å²) in [6, 6.07) is 9.08. The normalized spacial score (nSPS) is 11.2. The summed E-state index contributed by atoms with van der Waals surface area (Å²) in [5.41, 5.74) is 2.61. The van der Waals surface area contributed by atoms with Crippen LogP contribution < -0.4 is 0 Å². The highest BCUT2D eigenvalue weighted by molar-refractivity contribution is 6.08. The molecule has 0 saturated carbocycles. The summed E-state index contributed by atoms with van der Waals surface area (Å²) in [6.07, 6.45) is 3.51. The van der Waals surface area contributed by atoms with Gasteiger partial charge in [-0.3, -0.25) is 4.98 Å². The Labute approximate surface area is 118 Å². The molecule has 21 heavy (non-hydrogen) atoms. The van der Waals surface area contributed by atoms with Gasteiger partial charge in [0.1, 0.15) is 0 Å². The van der Waals surface area contributed by atoms with Gasteiger partial charge >= 0.3 is 5.97 Å². The smallest absolute Gasteiger partial charge is 0.358 e. The number of benzene rings is 1. The molecule has 0 aliphatic carbocycles. The van der Waals surface area contributed by atoms with Crippen LogP contribution in [-0.2, 0) is 0 Å². The van der Waals surface area contributed by atoms with Crippen molar-refractivity contribution in [2.75, 3.05) is 0 Å². The summed E-state index contributed by atoms with van der Waals surface area (Å²) >= 11 is 0. The third-order valence-electron chi connectivity index (χ3n) is 3.41. The number of H-pyrrole nitrogens is 1. The van der Waals surface area contributed by atoms with Crippen LogP contribution in [0.5, 0.6) is 0 Å². The second kappa shape index (κ2) is 4.17. The Morgan fingerprint density at radius 1 is 1.14 bits per heavy atom. The Morgan fingerprint density at radius 2 is 2.05 bits per heavy atom. The van der Waals surface area contributed by atoms with E-state index in [0.717, 1.165) is 27.4 Å². The number of rotatable bonds is 2. The molecule has 0 atom stereocenters. The quantitative estimate of drug-likeness (QED) is 0.588. The lowest BCUT2D eigenvalue weighted by Gasteiger charge is -1.96. The first-order valence-corrected chi connectivity index (χ1v) is 6.28. The number of aromatic amines is 1. The van der Waals surface area contributed by atoms with Crippen LogP contribution in [-0.4, -0.2) is 26.2 Å². The number of pyridine rings is 1. The highest BCUT2D eigenvalue weighted by atomic mass is 16.5. The second-order valence-electron chi connectivity index (χ2n) is 4.69. The monoisotopic (exact) mass is 279 g/mol. The number of carboxylic acid groups (broad SMARTS) is 1. The van der Waals surface area contributed by atoms with E-state index in [0.29, 0.717) is 5.76 Å². The van der Waals surface area contributed by atoms with Crippen LogP contribution in [0.2, 0.25) is 0 Å². The molecule has 0 aliphatic rings. The molecular weight excluding hydrogens is 270 g/mol. The molecule has 3 heterocycles. The third-order valence-corrected chi connectivity index (χ3v) is 3.41. The number of nitrogens with zero attached hydrogens (tertiary/aromatic N) is 2. The highest BCUT2D eigenvalue weighted by Gasteiger charge is 2.13. The van der Waals surface area contributed by atoms with Gasteiger partial charge in [-0.2, -0.15) is 0 Å². The van der Waals surface area contributed by atoms with Gasteiger partial charge in [0.25, 0.3) is 0 Å². The van der Waals surface area contributed by atoms with E-state index in [1.807, 2.05) is 24.3 Å². The number of aromatic nitrogens is 3. The van der Waals surface area contributed by atoms with E-state index in [4.69, 9.17) is 9.63 Å². The van der Waals surface area contributed by atoms with Crippen molar-refractivity contribution in [3.05, 3.63) is 48.4 Å². The molecule has 0 bridgehead atoms. The molecule has 0 spiro atoms. The van der Waals surface area contributed by atoms with Gasteiger partial charge in [-0.1, -0.05) is 5.16 Å². The molecular formula is C15H9N3O3. The van der Waals surface area contributed by atoms with Gasteiger partial charge in [-0.25, -0.2) is 4.79 Å². The van der Waals surface area contributed by atoms with E-state index in [9.17, 15) is 4.79 Å². The SMILES string of the molecule is O=C(O)c1cc(-c2ccc3[nH]c4cnccc4c3c2)on1. The average Bonchev–Trinajstić information content (AvgIpc) is 3.11. The van der Waals surface area contributed by atoms with Crippen molar-refractivity contribution < 1.29 is 14.4 Å². The predicted octanol–water partition coefficient (Wildman–Crippen LogP) is 3.07. The Morgan fingerprint density at radius 3 is 2.86 bits per heavy atom. The minimum atomic E-state index is -1.11. The number of aromatic carboxylic acids is 1. The molecule has 0 radical (unpaired) electrons. The van der Waals surface area contributed by atoms with Crippen molar-refractivity contribution in [3.8, 4) is 11.3 Å². The van der Waals surface area contributed by atoms with Gasteiger partial charge in [0.2, 0.25) is 0 Å². The first-order valence-electron chi connectivity index (χ1n) is 6.28. The molecule has 0 aliphatic heterocycles. The Bertz CT molecular complexity index is 984. The molecule has 4 aromatic rings. The Hall–Kier alpha value is -3.15. The van der Waals surface area contributed by atoms with Gasteiger partial charge in [0.15, 0.2) is 11.5 Å². The minimum Gasteiger partial charge on any atom is -0.476 e. The van der Waals surface area contributed by atoms with Gasteiger partial charge in [0.05, 0.1) is 11.7 Å². The number of fused-ring (bicyclic) bond motifs is 3. The number of carbonyl (C=O) groups is 1. The maximum atomic E-state index is 10.9. The fourth-order valence-electron chi connectivity index (χ4n) is 2.42. The molecule has 4 rings (SSSR count). The van der Waals surface area contributed by atoms with E-state index in [1.165, 1.54) is 6.07 Å². The summed E-state index contributed by atoms with van der Waals surface area (Å²) in [4.78, 5) is 18.2. The summed E-state index contributed by atoms with van der Waals surface area (Å²) in [5, 5.41) is 14.5. The van der Waals surface area contributed by atoms with E-state index in [-0.39, 0.29) is 5.69 Å². The summed E-state index contributed by atoms with van der Waals surface area (Å²) in [6.45, 7) is 0. The van der Waals surface area contributed by atoms with Crippen LogP contribution in [0.3, 0.4) is 0 Å². The van der Waals surface area contributed by atoms with Crippen LogP contribution in [0.1, 0.15) is 10.5 Å². The zero-order valence-corrected chi connectivity index (χ0v) is 10.7. The van der Waals surface area contributed by atoms with Crippen LogP contribution in [0.15, 0.2) is 47.2 Å². The number of carboxylic acids is 1. The summed E-state index contributed by atoms with van der Waals surface area (Å²) in [5.74, 6) is -0.679. The lowest BCUT2D eigenvalue weighted by atomic mass is 10.1. The molecule has 3 aromatic heterocycles. The standard InChI is InChI=1S/C15H9N3O3/c19-15(20)12-6-14(21-18-12)8-1-2-11-10(5-8)9-3-4-16-7-13(9)17-11/h1-7,17H,(H,19,20). The lowest BCUT2D eigenvalue weighted by molar-refractivity contribution is 0.0686. The first kappa shape index (κ1) is 11.7. The van der Waals surface area contributed by atoms with Crippen molar-refractivity contribution in [3.63, 3.8) is 0 Å². The third kappa shape index (κ3) is 1.77. The fourth-order valence-corrected chi connectivity index (χ4v) is 2.42. The minimum absolute atomic E-state index is 0.103. The van der Waals surface area contributed by atoms with E-state index in [2.05, 4.69) is 15.1 Å². The maximum absolute atomic E-state index is 10.9. The number of hydrogen-bond acceptors (Lipinski definition) is 4. The van der Waals surface area contributed by atoms with Crippen LogP contribution in [0, 0.1) is 0 Å². The number of hydrogen-bond donors (Lipinski definition) is 2. The van der Waals surface area contributed by atoms with Gasteiger partial charge in [-0.05, 0) is 24.3 Å². The maximum Gasteiger partial charge on any atom is 0.358 e. The largest absolute Gasteiger partial charge is 0.476 e. The Kier molecular flexibility index (Phi) is 2.32. The van der Waals surface area contributed by atoms with Crippen LogP contribution >= 0.6 is 0 Å². The van der Waals surface area contributed by atoms with Gasteiger partial charge in [0, 0.05) is 34.1 Å². The van der Waals surface area contributed by atoms with E-state index < -0.39 is 5.97 Å². The molecule has 1 aromatic carbocycles. The zero-order chi connectivity index (χ0) is 14.4. The number of nitrogens with one attached hydrogen (secondary N) is 1. The van der Waals surface area contributed by atoms with Gasteiger partial charge in [-0.15, -0.1) is 0 Å². The van der Waals surface area contributed by atoms with E-state index in [1.54, 1.807) is 12.4 Å². The molecule has 0 amide bonds. The molecule has 0 unspecified atom stereocenters. The first-order chi connectivity index (χ1) is 10.2. The fraction of sp³-hybridized carbons (Fsp3) is 0. The van der Waals surface area contributed by atoms with E-state index >= 15 is 0 Å². The predicted molar refractivity (Wildman–Crippen MR) is 76.1 cm³/mol. The Balaban J connectivity index is 1.92. The molecule has 6 nitrogen and oxygen atoms in total. The lowest BCUT2D eigenvalue weighted by Crippen LogP contribution is -1.94. The summed E-state index contributed by atoms with van der Waals surface area (Å²) in [7, 11) is 0. The van der Waals surface area contributed by atoms with Crippen molar-refractivity contribution in [1.82, 2.24) is 15.1 Å².